The van der Waals surface area contributed by atoms with Gasteiger partial charge in [-0.05, 0) is 49.9 Å². The Bertz CT molecular complexity index is 739. The fourth-order valence-electron chi connectivity index (χ4n) is 3.72. The number of hydrogen-bond donors (Lipinski definition) is 1. The second kappa shape index (κ2) is 6.92. The number of fused-ring (bicyclic) bond motifs is 2. The number of rotatable bonds is 5. The Labute approximate surface area is 146 Å². The second-order valence-corrected chi connectivity index (χ2v) is 6.72. The van der Waals surface area contributed by atoms with E-state index in [1.165, 1.54) is 18.9 Å². The molecule has 2 aromatic rings. The molecule has 0 amide bonds. The van der Waals surface area contributed by atoms with E-state index in [4.69, 9.17) is 14.2 Å². The van der Waals surface area contributed by atoms with Gasteiger partial charge in [0.2, 0.25) is 0 Å². The zero-order valence-corrected chi connectivity index (χ0v) is 14.2. The van der Waals surface area contributed by atoms with E-state index in [2.05, 4.69) is 5.32 Å². The third kappa shape index (κ3) is 3.71. The summed E-state index contributed by atoms with van der Waals surface area (Å²) in [6.45, 7) is 0. The van der Waals surface area contributed by atoms with E-state index in [0.29, 0.717) is 29.3 Å². The van der Waals surface area contributed by atoms with E-state index in [1.807, 2.05) is 6.07 Å². The third-order valence-electron chi connectivity index (χ3n) is 4.90. The first-order valence-electron chi connectivity index (χ1n) is 8.74. The van der Waals surface area contributed by atoms with Crippen LogP contribution in [0.1, 0.15) is 25.7 Å². The summed E-state index contributed by atoms with van der Waals surface area (Å²) in [7, 11) is 1.58. The molecule has 2 bridgehead atoms. The van der Waals surface area contributed by atoms with Gasteiger partial charge >= 0.3 is 0 Å². The van der Waals surface area contributed by atoms with E-state index < -0.39 is 5.82 Å². The monoisotopic (exact) mass is 343 g/mol. The van der Waals surface area contributed by atoms with Gasteiger partial charge in [-0.25, -0.2) is 4.39 Å². The summed E-state index contributed by atoms with van der Waals surface area (Å²) < 4.78 is 31.1. The molecule has 2 heterocycles. The van der Waals surface area contributed by atoms with Crippen LogP contribution in [0.25, 0.3) is 0 Å². The number of halogens is 1. The highest BCUT2D eigenvalue weighted by atomic mass is 19.1. The number of piperidine rings is 1. The summed E-state index contributed by atoms with van der Waals surface area (Å²) in [5.74, 6) is 1.57. The normalized spacial score (nSPS) is 24.8. The maximum atomic E-state index is 14.1. The number of nitrogens with one attached hydrogen (secondary N) is 1. The summed E-state index contributed by atoms with van der Waals surface area (Å²) >= 11 is 0. The predicted molar refractivity (Wildman–Crippen MR) is 93.1 cm³/mol. The SMILES string of the molecule is COc1cccc(Oc2cc(O[C@@H]3C[C@H]4CC[C@@H](C3)N4)ccc2F)c1. The minimum absolute atomic E-state index is 0.155. The van der Waals surface area contributed by atoms with Gasteiger partial charge < -0.3 is 19.5 Å². The van der Waals surface area contributed by atoms with E-state index >= 15 is 0 Å². The van der Waals surface area contributed by atoms with Crippen molar-refractivity contribution in [3.05, 3.63) is 48.3 Å². The third-order valence-corrected chi connectivity index (χ3v) is 4.90. The molecule has 0 aliphatic carbocycles. The Balaban J connectivity index is 1.48. The van der Waals surface area contributed by atoms with Crippen molar-refractivity contribution in [3.8, 4) is 23.0 Å². The molecular weight excluding hydrogens is 321 g/mol. The van der Waals surface area contributed by atoms with Crippen molar-refractivity contribution < 1.29 is 18.6 Å². The quantitative estimate of drug-likeness (QED) is 0.879. The largest absolute Gasteiger partial charge is 0.497 e. The average Bonchev–Trinajstić information content (AvgIpc) is 2.96. The lowest BCUT2D eigenvalue weighted by molar-refractivity contribution is 0.137. The molecule has 2 aromatic carbocycles. The first kappa shape index (κ1) is 16.2. The number of methoxy groups -OCH3 is 1. The molecule has 0 saturated carbocycles. The summed E-state index contributed by atoms with van der Waals surface area (Å²) in [5, 5.41) is 3.59. The van der Waals surface area contributed by atoms with Gasteiger partial charge in [0.1, 0.15) is 23.4 Å². The van der Waals surface area contributed by atoms with Gasteiger partial charge in [-0.2, -0.15) is 0 Å². The van der Waals surface area contributed by atoms with Gasteiger partial charge in [0.05, 0.1) is 7.11 Å². The summed E-state index contributed by atoms with van der Waals surface area (Å²) in [5.41, 5.74) is 0. The summed E-state index contributed by atoms with van der Waals surface area (Å²) in [6.07, 6.45) is 4.62. The van der Waals surface area contributed by atoms with Crippen molar-refractivity contribution in [2.75, 3.05) is 7.11 Å². The Hall–Kier alpha value is -2.27. The molecule has 0 aromatic heterocycles. The van der Waals surface area contributed by atoms with Crippen molar-refractivity contribution in [3.63, 3.8) is 0 Å². The second-order valence-electron chi connectivity index (χ2n) is 6.72. The fourth-order valence-corrected chi connectivity index (χ4v) is 3.72. The average molecular weight is 343 g/mol. The molecule has 25 heavy (non-hydrogen) atoms. The highest BCUT2D eigenvalue weighted by Crippen LogP contribution is 2.33. The molecule has 4 nitrogen and oxygen atoms in total. The van der Waals surface area contributed by atoms with Gasteiger partial charge in [-0.15, -0.1) is 0 Å². The zero-order valence-electron chi connectivity index (χ0n) is 14.2. The van der Waals surface area contributed by atoms with Gasteiger partial charge in [-0.3, -0.25) is 0 Å². The van der Waals surface area contributed by atoms with Crippen LogP contribution >= 0.6 is 0 Å². The lowest BCUT2D eigenvalue weighted by Gasteiger charge is -2.29. The molecule has 2 fully saturated rings. The van der Waals surface area contributed by atoms with E-state index in [0.717, 1.165) is 12.8 Å². The van der Waals surface area contributed by atoms with Crippen LogP contribution in [0.3, 0.4) is 0 Å². The molecule has 5 heteroatoms. The Kier molecular flexibility index (Phi) is 4.49. The maximum Gasteiger partial charge on any atom is 0.166 e. The number of hydrogen-bond acceptors (Lipinski definition) is 4. The van der Waals surface area contributed by atoms with Crippen LogP contribution < -0.4 is 19.5 Å². The number of ether oxygens (including phenoxy) is 3. The summed E-state index contributed by atoms with van der Waals surface area (Å²) in [4.78, 5) is 0. The van der Waals surface area contributed by atoms with Crippen LogP contribution in [-0.2, 0) is 0 Å². The minimum Gasteiger partial charge on any atom is -0.497 e. The molecule has 0 unspecified atom stereocenters. The smallest absolute Gasteiger partial charge is 0.166 e. The van der Waals surface area contributed by atoms with Crippen LogP contribution in [0.5, 0.6) is 23.0 Å². The summed E-state index contributed by atoms with van der Waals surface area (Å²) in [6, 6.07) is 12.9. The van der Waals surface area contributed by atoms with Gasteiger partial charge in [0.15, 0.2) is 11.6 Å². The lowest BCUT2D eigenvalue weighted by Crippen LogP contribution is -2.42. The van der Waals surface area contributed by atoms with Crippen molar-refractivity contribution in [1.82, 2.24) is 5.32 Å². The molecule has 132 valence electrons. The van der Waals surface area contributed by atoms with Gasteiger partial charge in [0.25, 0.3) is 0 Å². The number of benzene rings is 2. The highest BCUT2D eigenvalue weighted by Gasteiger charge is 2.34. The molecule has 2 aliphatic heterocycles. The van der Waals surface area contributed by atoms with Crippen LogP contribution in [0.15, 0.2) is 42.5 Å². The topological polar surface area (TPSA) is 39.7 Å². The maximum absolute atomic E-state index is 14.1. The van der Waals surface area contributed by atoms with Crippen molar-refractivity contribution >= 4 is 0 Å². The Morgan fingerprint density at radius 3 is 2.48 bits per heavy atom. The van der Waals surface area contributed by atoms with E-state index in [9.17, 15) is 4.39 Å². The highest BCUT2D eigenvalue weighted by molar-refractivity contribution is 5.40. The zero-order chi connectivity index (χ0) is 17.2. The Morgan fingerprint density at radius 1 is 0.960 bits per heavy atom. The minimum atomic E-state index is -0.416. The van der Waals surface area contributed by atoms with E-state index in [-0.39, 0.29) is 11.9 Å². The van der Waals surface area contributed by atoms with Crippen LogP contribution in [0, 0.1) is 5.82 Å². The van der Waals surface area contributed by atoms with Gasteiger partial charge in [-0.1, -0.05) is 6.07 Å². The molecule has 2 aliphatic rings. The lowest BCUT2D eigenvalue weighted by atomic mass is 10.0. The first-order chi connectivity index (χ1) is 12.2. The Morgan fingerprint density at radius 2 is 1.72 bits per heavy atom. The van der Waals surface area contributed by atoms with Crippen LogP contribution in [0.4, 0.5) is 4.39 Å². The standard InChI is InChI=1S/C20H22FNO3/c1-23-15-3-2-4-16(11-15)25-20-12-17(7-8-19(20)21)24-18-9-13-5-6-14(10-18)22-13/h2-4,7-8,11-14,18,22H,5-6,9-10H2,1H3/t13-,14+,18-. The fraction of sp³-hybridized carbons (Fsp3) is 0.400. The molecular formula is C20H22FNO3. The molecule has 0 radical (unpaired) electrons. The van der Waals surface area contributed by atoms with Crippen LogP contribution in [-0.4, -0.2) is 25.3 Å². The van der Waals surface area contributed by atoms with Crippen molar-refractivity contribution in [2.24, 2.45) is 0 Å². The molecule has 2 saturated heterocycles. The van der Waals surface area contributed by atoms with Crippen LogP contribution in [0.2, 0.25) is 0 Å². The van der Waals surface area contributed by atoms with Crippen molar-refractivity contribution in [2.45, 2.75) is 43.9 Å². The van der Waals surface area contributed by atoms with E-state index in [1.54, 1.807) is 37.4 Å². The first-order valence-corrected chi connectivity index (χ1v) is 8.74. The molecule has 4 rings (SSSR count). The predicted octanol–water partition coefficient (Wildman–Crippen LogP) is 4.29. The molecule has 0 spiro atoms. The van der Waals surface area contributed by atoms with Gasteiger partial charge in [0, 0.05) is 24.2 Å². The molecule has 3 atom stereocenters. The van der Waals surface area contributed by atoms with Crippen molar-refractivity contribution in [1.29, 1.82) is 0 Å². The molecule has 1 N–H and O–H groups in total.